The first-order valence-electron chi connectivity index (χ1n) is 5.24. The van der Waals surface area contributed by atoms with Crippen molar-refractivity contribution in [3.8, 4) is 0 Å². The monoisotopic (exact) mass is 270 g/mol. The van der Waals surface area contributed by atoms with E-state index in [1.54, 1.807) is 6.20 Å². The van der Waals surface area contributed by atoms with Gasteiger partial charge in [0.05, 0.1) is 6.10 Å². The van der Waals surface area contributed by atoms with Crippen LogP contribution in [0.15, 0.2) is 22.9 Å². The van der Waals surface area contributed by atoms with Crippen LogP contribution in [0, 0.1) is 5.92 Å². The maximum Gasteiger partial charge on any atom is 0.0595 e. The van der Waals surface area contributed by atoms with E-state index >= 15 is 0 Å². The molecule has 2 rings (SSSR count). The predicted octanol–water partition coefficient (Wildman–Crippen LogP) is 1.36. The molecule has 1 aliphatic heterocycles. The van der Waals surface area contributed by atoms with Crippen LogP contribution >= 0.6 is 15.9 Å². The molecule has 0 aliphatic carbocycles. The number of nitrogens with one attached hydrogen (secondary N) is 1. The largest absolute Gasteiger partial charge is 0.393 e. The molecule has 0 radical (unpaired) electrons. The van der Waals surface area contributed by atoms with E-state index in [1.165, 1.54) is 5.56 Å². The Kier molecular flexibility index (Phi) is 3.72. The summed E-state index contributed by atoms with van der Waals surface area (Å²) in [6.07, 6.45) is 5.21. The minimum atomic E-state index is -0.176. The van der Waals surface area contributed by atoms with Crippen molar-refractivity contribution in [1.82, 2.24) is 10.3 Å². The molecule has 15 heavy (non-hydrogen) atoms. The maximum absolute atomic E-state index is 9.83. The van der Waals surface area contributed by atoms with E-state index in [9.17, 15) is 5.11 Å². The van der Waals surface area contributed by atoms with Crippen LogP contribution in [-0.2, 0) is 6.42 Å². The summed E-state index contributed by atoms with van der Waals surface area (Å²) in [5.41, 5.74) is 1.18. The highest BCUT2D eigenvalue weighted by Gasteiger charge is 2.22. The van der Waals surface area contributed by atoms with Crippen LogP contribution in [0.1, 0.15) is 12.0 Å². The number of rotatable bonds is 2. The van der Waals surface area contributed by atoms with Crippen molar-refractivity contribution >= 4 is 15.9 Å². The number of aliphatic hydroxyl groups excluding tert-OH is 1. The molecule has 1 aromatic rings. The molecule has 1 fully saturated rings. The molecule has 1 saturated heterocycles. The van der Waals surface area contributed by atoms with Gasteiger partial charge in [-0.25, -0.2) is 0 Å². The maximum atomic E-state index is 9.83. The van der Waals surface area contributed by atoms with Crippen molar-refractivity contribution in [3.63, 3.8) is 0 Å². The van der Waals surface area contributed by atoms with E-state index in [0.29, 0.717) is 5.92 Å². The Morgan fingerprint density at radius 3 is 3.13 bits per heavy atom. The standard InChI is InChI=1S/C11H15BrN2O/c12-10-4-8(5-14-7-10)3-9-6-13-2-1-11(9)15/h4-5,7,9,11,13,15H,1-3,6H2. The quantitative estimate of drug-likeness (QED) is 0.853. The SMILES string of the molecule is OC1CCNCC1Cc1cncc(Br)c1. The van der Waals surface area contributed by atoms with E-state index in [4.69, 9.17) is 0 Å². The van der Waals surface area contributed by atoms with Crippen molar-refractivity contribution in [3.05, 3.63) is 28.5 Å². The molecule has 2 unspecified atom stereocenters. The summed E-state index contributed by atoms with van der Waals surface area (Å²) in [6.45, 7) is 1.82. The zero-order valence-electron chi connectivity index (χ0n) is 8.49. The van der Waals surface area contributed by atoms with Crippen LogP contribution in [-0.4, -0.2) is 29.3 Å². The van der Waals surface area contributed by atoms with Gasteiger partial charge >= 0.3 is 0 Å². The zero-order valence-corrected chi connectivity index (χ0v) is 10.1. The first-order valence-corrected chi connectivity index (χ1v) is 6.03. The Labute approximate surface area is 98.0 Å². The normalized spacial score (nSPS) is 26.5. The third-order valence-electron chi connectivity index (χ3n) is 2.83. The van der Waals surface area contributed by atoms with E-state index in [1.807, 2.05) is 6.20 Å². The smallest absolute Gasteiger partial charge is 0.0595 e. The second-order valence-corrected chi connectivity index (χ2v) is 4.95. The van der Waals surface area contributed by atoms with Crippen LogP contribution in [0.2, 0.25) is 0 Å². The van der Waals surface area contributed by atoms with Gasteiger partial charge in [0, 0.05) is 29.3 Å². The van der Waals surface area contributed by atoms with E-state index in [0.717, 1.165) is 30.4 Å². The van der Waals surface area contributed by atoms with Crippen LogP contribution in [0.3, 0.4) is 0 Å². The highest BCUT2D eigenvalue weighted by atomic mass is 79.9. The average molecular weight is 271 g/mol. The number of aromatic nitrogens is 1. The van der Waals surface area contributed by atoms with E-state index < -0.39 is 0 Å². The number of halogens is 1. The Morgan fingerprint density at radius 2 is 2.40 bits per heavy atom. The molecule has 2 N–H and O–H groups in total. The van der Waals surface area contributed by atoms with Crippen molar-refractivity contribution in [2.75, 3.05) is 13.1 Å². The summed E-state index contributed by atoms with van der Waals surface area (Å²) in [6, 6.07) is 2.06. The summed E-state index contributed by atoms with van der Waals surface area (Å²) in [5, 5.41) is 13.1. The summed E-state index contributed by atoms with van der Waals surface area (Å²) in [4.78, 5) is 4.13. The van der Waals surface area contributed by atoms with Crippen LogP contribution in [0.4, 0.5) is 0 Å². The van der Waals surface area contributed by atoms with Crippen molar-refractivity contribution in [2.45, 2.75) is 18.9 Å². The third-order valence-corrected chi connectivity index (χ3v) is 3.26. The van der Waals surface area contributed by atoms with Gasteiger partial charge in [-0.05, 0) is 46.9 Å². The molecule has 2 atom stereocenters. The van der Waals surface area contributed by atoms with Gasteiger partial charge in [0.15, 0.2) is 0 Å². The van der Waals surface area contributed by atoms with Crippen LogP contribution in [0.25, 0.3) is 0 Å². The molecule has 4 heteroatoms. The van der Waals surface area contributed by atoms with Gasteiger partial charge in [-0.1, -0.05) is 0 Å². The molecule has 0 saturated carbocycles. The van der Waals surface area contributed by atoms with Gasteiger partial charge in [-0.3, -0.25) is 4.98 Å². The number of piperidine rings is 1. The second kappa shape index (κ2) is 5.05. The number of hydrogen-bond acceptors (Lipinski definition) is 3. The molecular weight excluding hydrogens is 256 g/mol. The lowest BCUT2D eigenvalue weighted by Gasteiger charge is -2.28. The fourth-order valence-corrected chi connectivity index (χ4v) is 2.40. The number of nitrogens with zero attached hydrogens (tertiary/aromatic N) is 1. The zero-order chi connectivity index (χ0) is 10.7. The summed E-state index contributed by atoms with van der Waals surface area (Å²) in [7, 11) is 0. The number of hydrogen-bond donors (Lipinski definition) is 2. The lowest BCUT2D eigenvalue weighted by atomic mass is 9.90. The van der Waals surface area contributed by atoms with Crippen molar-refractivity contribution in [1.29, 1.82) is 0 Å². The summed E-state index contributed by atoms with van der Waals surface area (Å²) < 4.78 is 0.998. The van der Waals surface area contributed by atoms with E-state index in [-0.39, 0.29) is 6.10 Å². The number of pyridine rings is 1. The van der Waals surface area contributed by atoms with Gasteiger partial charge in [0.25, 0.3) is 0 Å². The molecule has 1 aliphatic rings. The molecule has 3 nitrogen and oxygen atoms in total. The molecular formula is C11H15BrN2O. The van der Waals surface area contributed by atoms with Gasteiger partial charge in [-0.15, -0.1) is 0 Å². The summed E-state index contributed by atoms with van der Waals surface area (Å²) >= 11 is 3.40. The highest BCUT2D eigenvalue weighted by molar-refractivity contribution is 9.10. The molecule has 0 spiro atoms. The molecule has 0 bridgehead atoms. The Balaban J connectivity index is 2.01. The molecule has 0 amide bonds. The fourth-order valence-electron chi connectivity index (χ4n) is 1.99. The molecule has 2 heterocycles. The molecule has 0 aromatic carbocycles. The Morgan fingerprint density at radius 1 is 1.53 bits per heavy atom. The Bertz CT molecular complexity index is 332. The van der Waals surface area contributed by atoms with E-state index in [2.05, 4.69) is 32.3 Å². The summed E-state index contributed by atoms with van der Waals surface area (Å²) in [5.74, 6) is 0.315. The van der Waals surface area contributed by atoms with Gasteiger partial charge in [0.2, 0.25) is 0 Å². The topological polar surface area (TPSA) is 45.1 Å². The predicted molar refractivity (Wildman–Crippen MR) is 62.6 cm³/mol. The lowest BCUT2D eigenvalue weighted by molar-refractivity contribution is 0.0791. The third kappa shape index (κ3) is 3.00. The van der Waals surface area contributed by atoms with Crippen LogP contribution in [0.5, 0.6) is 0 Å². The molecule has 1 aromatic heterocycles. The van der Waals surface area contributed by atoms with Gasteiger partial charge in [-0.2, -0.15) is 0 Å². The number of aliphatic hydroxyl groups is 1. The first-order chi connectivity index (χ1) is 7.25. The molecule has 82 valence electrons. The second-order valence-electron chi connectivity index (χ2n) is 4.04. The van der Waals surface area contributed by atoms with Crippen LogP contribution < -0.4 is 5.32 Å². The lowest BCUT2D eigenvalue weighted by Crippen LogP contribution is -2.40. The van der Waals surface area contributed by atoms with Crippen molar-refractivity contribution < 1.29 is 5.11 Å². The first kappa shape index (κ1) is 11.0. The van der Waals surface area contributed by atoms with Crippen molar-refractivity contribution in [2.24, 2.45) is 5.92 Å². The Hall–Kier alpha value is -0.450. The minimum Gasteiger partial charge on any atom is -0.393 e. The average Bonchev–Trinajstić information content (AvgIpc) is 2.22. The highest BCUT2D eigenvalue weighted by Crippen LogP contribution is 2.18. The van der Waals surface area contributed by atoms with Gasteiger partial charge < -0.3 is 10.4 Å². The minimum absolute atomic E-state index is 0.176. The fraction of sp³-hybridized carbons (Fsp3) is 0.545. The van der Waals surface area contributed by atoms with Gasteiger partial charge in [0.1, 0.15) is 0 Å².